The van der Waals surface area contributed by atoms with E-state index in [9.17, 15) is 9.59 Å². The quantitative estimate of drug-likeness (QED) is 0.411. The van der Waals surface area contributed by atoms with E-state index in [2.05, 4.69) is 15.6 Å². The van der Waals surface area contributed by atoms with E-state index in [1.807, 2.05) is 31.2 Å². The third kappa shape index (κ3) is 4.96. The number of rotatable bonds is 6. The average Bonchev–Trinajstić information content (AvgIpc) is 2.83. The van der Waals surface area contributed by atoms with Gasteiger partial charge >= 0.3 is 0 Å². The van der Waals surface area contributed by atoms with E-state index < -0.39 is 0 Å². The number of carbonyl (C=O) groups is 2. The Hall–Kier alpha value is -3.90. The molecule has 1 heterocycles. The minimum atomic E-state index is -0.209. The van der Waals surface area contributed by atoms with Gasteiger partial charge in [0.2, 0.25) is 0 Å². The van der Waals surface area contributed by atoms with E-state index in [1.165, 1.54) is 0 Å². The molecule has 4 aromatic rings. The number of amides is 2. The van der Waals surface area contributed by atoms with Crippen molar-refractivity contribution in [3.8, 4) is 11.5 Å². The van der Waals surface area contributed by atoms with Crippen LogP contribution in [0.5, 0.6) is 11.5 Å². The lowest BCUT2D eigenvalue weighted by Crippen LogP contribution is -2.24. The van der Waals surface area contributed by atoms with Gasteiger partial charge in [0, 0.05) is 46.9 Å². The number of hydrogen-bond donors (Lipinski definition) is 2. The number of hydrogen-bond acceptors (Lipinski definition) is 4. The number of carbonyl (C=O) groups excluding carboxylic acids is 2. The summed E-state index contributed by atoms with van der Waals surface area (Å²) in [5, 5.41) is 6.94. The number of pyridine rings is 1. The molecule has 0 aliphatic carbocycles. The molecule has 0 bridgehead atoms. The molecule has 0 saturated heterocycles. The molecule has 0 spiro atoms. The smallest absolute Gasteiger partial charge is 0.251 e. The molecular weight excluding hydrogens is 438 g/mol. The van der Waals surface area contributed by atoms with E-state index in [4.69, 9.17) is 16.3 Å². The number of nitrogens with zero attached hydrogens (tertiary/aromatic N) is 1. The zero-order valence-corrected chi connectivity index (χ0v) is 18.9. The van der Waals surface area contributed by atoms with Gasteiger partial charge in [-0.3, -0.25) is 14.6 Å². The maximum Gasteiger partial charge on any atom is 0.251 e. The molecule has 2 amide bonds. The average molecular weight is 460 g/mol. The van der Waals surface area contributed by atoms with Gasteiger partial charge in [-0.1, -0.05) is 29.8 Å². The Balaban J connectivity index is 1.50. The van der Waals surface area contributed by atoms with Crippen LogP contribution in [0.3, 0.4) is 0 Å². The second kappa shape index (κ2) is 9.71. The van der Waals surface area contributed by atoms with Crippen LogP contribution in [0.25, 0.3) is 10.9 Å². The number of benzene rings is 3. The summed E-state index contributed by atoms with van der Waals surface area (Å²) in [5.41, 5.74) is 3.44. The van der Waals surface area contributed by atoms with Crippen LogP contribution in [0.1, 0.15) is 31.8 Å². The van der Waals surface area contributed by atoms with E-state index in [0.29, 0.717) is 34.2 Å². The highest BCUT2D eigenvalue weighted by atomic mass is 35.5. The van der Waals surface area contributed by atoms with Gasteiger partial charge in [0.25, 0.3) is 11.8 Å². The maximum absolute atomic E-state index is 12.9. The van der Waals surface area contributed by atoms with Crippen molar-refractivity contribution in [1.29, 1.82) is 0 Å². The number of fused-ring (bicyclic) bond motifs is 1. The van der Waals surface area contributed by atoms with Crippen LogP contribution in [-0.2, 0) is 6.54 Å². The minimum absolute atomic E-state index is 0.150. The fourth-order valence-corrected chi connectivity index (χ4v) is 3.64. The Kier molecular flexibility index (Phi) is 6.56. The Labute approximate surface area is 196 Å². The molecule has 0 fully saturated rings. The number of aromatic nitrogens is 1. The van der Waals surface area contributed by atoms with E-state index in [0.717, 1.165) is 22.0 Å². The van der Waals surface area contributed by atoms with Gasteiger partial charge in [-0.25, -0.2) is 0 Å². The summed E-state index contributed by atoms with van der Waals surface area (Å²) in [6, 6.07) is 19.7. The van der Waals surface area contributed by atoms with Crippen molar-refractivity contribution in [2.75, 3.05) is 7.05 Å². The second-order valence-corrected chi connectivity index (χ2v) is 7.90. The highest BCUT2D eigenvalue weighted by Crippen LogP contribution is 2.32. The molecule has 0 aliphatic heterocycles. The summed E-state index contributed by atoms with van der Waals surface area (Å²) < 4.78 is 6.16. The third-order valence-electron chi connectivity index (χ3n) is 5.31. The van der Waals surface area contributed by atoms with E-state index in [1.54, 1.807) is 55.7 Å². The molecule has 0 atom stereocenters. The second-order valence-electron chi connectivity index (χ2n) is 7.46. The van der Waals surface area contributed by atoms with Crippen molar-refractivity contribution in [2.24, 2.45) is 0 Å². The van der Waals surface area contributed by atoms with Crippen LogP contribution in [0.2, 0.25) is 5.02 Å². The SMILES string of the molecule is CNC(=O)c1ccc(CNC(=O)c2cccc(Oc3ccnc4cc(Cl)ccc34)c2C)cc1. The van der Waals surface area contributed by atoms with Gasteiger partial charge in [-0.2, -0.15) is 0 Å². The molecular formula is C26H22ClN3O3. The van der Waals surface area contributed by atoms with Crippen LogP contribution in [0, 0.1) is 6.92 Å². The molecule has 0 aliphatic rings. The summed E-state index contributed by atoms with van der Waals surface area (Å²) in [7, 11) is 1.59. The maximum atomic E-state index is 12.9. The third-order valence-corrected chi connectivity index (χ3v) is 5.54. The van der Waals surface area contributed by atoms with Crippen molar-refractivity contribution in [2.45, 2.75) is 13.5 Å². The molecule has 3 aromatic carbocycles. The monoisotopic (exact) mass is 459 g/mol. The first-order chi connectivity index (χ1) is 16.0. The van der Waals surface area contributed by atoms with Crippen molar-refractivity contribution in [1.82, 2.24) is 15.6 Å². The first kappa shape index (κ1) is 22.3. The molecule has 0 radical (unpaired) electrons. The Morgan fingerprint density at radius 1 is 0.970 bits per heavy atom. The first-order valence-electron chi connectivity index (χ1n) is 10.4. The van der Waals surface area contributed by atoms with Crippen LogP contribution in [0.4, 0.5) is 0 Å². The number of halogens is 1. The lowest BCUT2D eigenvalue weighted by atomic mass is 10.1. The molecule has 1 aromatic heterocycles. The number of ether oxygens (including phenoxy) is 1. The van der Waals surface area contributed by atoms with Crippen LogP contribution < -0.4 is 15.4 Å². The van der Waals surface area contributed by atoms with Crippen LogP contribution in [-0.4, -0.2) is 23.8 Å². The van der Waals surface area contributed by atoms with Gasteiger partial charge in [0.1, 0.15) is 11.5 Å². The molecule has 7 heteroatoms. The summed E-state index contributed by atoms with van der Waals surface area (Å²) in [4.78, 5) is 28.9. The summed E-state index contributed by atoms with van der Waals surface area (Å²) in [5.74, 6) is 0.858. The number of nitrogens with one attached hydrogen (secondary N) is 2. The summed E-state index contributed by atoms with van der Waals surface area (Å²) in [6.45, 7) is 2.19. The summed E-state index contributed by atoms with van der Waals surface area (Å²) >= 11 is 6.07. The van der Waals surface area contributed by atoms with Gasteiger partial charge in [-0.15, -0.1) is 0 Å². The molecule has 33 heavy (non-hydrogen) atoms. The topological polar surface area (TPSA) is 80.3 Å². The van der Waals surface area contributed by atoms with Gasteiger partial charge in [0.05, 0.1) is 5.52 Å². The lowest BCUT2D eigenvalue weighted by molar-refractivity contribution is 0.0945. The van der Waals surface area contributed by atoms with Crippen LogP contribution in [0.15, 0.2) is 72.9 Å². The van der Waals surface area contributed by atoms with Gasteiger partial charge < -0.3 is 15.4 Å². The zero-order chi connectivity index (χ0) is 23.4. The molecule has 0 saturated carbocycles. The van der Waals surface area contributed by atoms with E-state index in [-0.39, 0.29) is 11.8 Å². The molecule has 2 N–H and O–H groups in total. The Morgan fingerprint density at radius 2 is 1.76 bits per heavy atom. The molecule has 6 nitrogen and oxygen atoms in total. The Morgan fingerprint density at radius 3 is 2.52 bits per heavy atom. The van der Waals surface area contributed by atoms with Crippen molar-refractivity contribution in [3.05, 3.63) is 100 Å². The molecule has 0 unspecified atom stereocenters. The minimum Gasteiger partial charge on any atom is -0.456 e. The lowest BCUT2D eigenvalue weighted by Gasteiger charge is -2.14. The normalized spacial score (nSPS) is 10.6. The predicted molar refractivity (Wildman–Crippen MR) is 129 cm³/mol. The molecule has 4 rings (SSSR count). The zero-order valence-electron chi connectivity index (χ0n) is 18.2. The predicted octanol–water partition coefficient (Wildman–Crippen LogP) is 5.28. The van der Waals surface area contributed by atoms with Crippen LogP contribution >= 0.6 is 11.6 Å². The highest BCUT2D eigenvalue weighted by molar-refractivity contribution is 6.31. The van der Waals surface area contributed by atoms with Gasteiger partial charge in [0.15, 0.2) is 0 Å². The standard InChI is InChI=1S/C26H22ClN3O3/c1-16-20(26(32)30-15-17-6-8-18(9-7-17)25(31)28-2)4-3-5-23(16)33-24-12-13-29-22-14-19(27)10-11-21(22)24/h3-14H,15H2,1-2H3,(H,28,31)(H,30,32). The van der Waals surface area contributed by atoms with Crippen molar-refractivity contribution < 1.29 is 14.3 Å². The van der Waals surface area contributed by atoms with Gasteiger partial charge in [-0.05, 0) is 61.0 Å². The summed E-state index contributed by atoms with van der Waals surface area (Å²) in [6.07, 6.45) is 1.66. The fourth-order valence-electron chi connectivity index (χ4n) is 3.47. The van der Waals surface area contributed by atoms with E-state index >= 15 is 0 Å². The first-order valence-corrected chi connectivity index (χ1v) is 10.7. The fraction of sp³-hybridized carbons (Fsp3) is 0.115. The van der Waals surface area contributed by atoms with Crippen molar-refractivity contribution in [3.63, 3.8) is 0 Å². The molecule has 166 valence electrons. The van der Waals surface area contributed by atoms with Crippen molar-refractivity contribution >= 4 is 34.3 Å². The largest absolute Gasteiger partial charge is 0.456 e. The highest BCUT2D eigenvalue weighted by Gasteiger charge is 2.14. The Bertz CT molecular complexity index is 1340.